The van der Waals surface area contributed by atoms with Crippen molar-refractivity contribution in [2.45, 2.75) is 6.42 Å². The Morgan fingerprint density at radius 3 is 2.50 bits per heavy atom. The highest BCUT2D eigenvalue weighted by atomic mass is 35.5. The maximum absolute atomic E-state index is 13.2. The SMILES string of the molecule is O=C1NCCCN1c1cc(Cl)c(F)c(Cl)c1. The van der Waals surface area contributed by atoms with Gasteiger partial charge in [-0.1, -0.05) is 23.2 Å². The van der Waals surface area contributed by atoms with Crippen LogP contribution in [0.4, 0.5) is 14.9 Å². The quantitative estimate of drug-likeness (QED) is 0.776. The Morgan fingerprint density at radius 1 is 1.31 bits per heavy atom. The number of halogens is 3. The fourth-order valence-electron chi connectivity index (χ4n) is 1.57. The van der Waals surface area contributed by atoms with E-state index in [0.29, 0.717) is 18.8 Å². The molecular formula is C10H9Cl2FN2O. The van der Waals surface area contributed by atoms with Gasteiger partial charge in [0, 0.05) is 18.8 Å². The zero-order chi connectivity index (χ0) is 11.7. The summed E-state index contributed by atoms with van der Waals surface area (Å²) in [7, 11) is 0. The molecule has 0 unspecified atom stereocenters. The van der Waals surface area contributed by atoms with Crippen molar-refractivity contribution < 1.29 is 9.18 Å². The molecule has 1 aromatic rings. The third-order valence-corrected chi connectivity index (χ3v) is 2.91. The molecule has 86 valence electrons. The van der Waals surface area contributed by atoms with Crippen molar-refractivity contribution in [1.29, 1.82) is 0 Å². The van der Waals surface area contributed by atoms with Crippen LogP contribution >= 0.6 is 23.2 Å². The first-order valence-corrected chi connectivity index (χ1v) is 5.55. The van der Waals surface area contributed by atoms with E-state index in [-0.39, 0.29) is 16.1 Å². The van der Waals surface area contributed by atoms with Gasteiger partial charge >= 0.3 is 6.03 Å². The molecule has 2 rings (SSSR count). The molecule has 1 heterocycles. The number of nitrogens with zero attached hydrogens (tertiary/aromatic N) is 1. The van der Waals surface area contributed by atoms with Crippen molar-refractivity contribution in [1.82, 2.24) is 5.32 Å². The summed E-state index contributed by atoms with van der Waals surface area (Å²) in [5.74, 6) is -0.662. The molecule has 3 nitrogen and oxygen atoms in total. The average molecular weight is 263 g/mol. The molecule has 0 bridgehead atoms. The lowest BCUT2D eigenvalue weighted by Gasteiger charge is -2.27. The van der Waals surface area contributed by atoms with Crippen LogP contribution in [0, 0.1) is 5.82 Å². The van der Waals surface area contributed by atoms with Crippen LogP contribution in [-0.2, 0) is 0 Å². The number of rotatable bonds is 1. The van der Waals surface area contributed by atoms with E-state index in [2.05, 4.69) is 5.32 Å². The Labute approximate surface area is 102 Å². The molecule has 0 radical (unpaired) electrons. The molecule has 1 aromatic carbocycles. The first-order valence-electron chi connectivity index (χ1n) is 4.79. The molecule has 0 saturated carbocycles. The van der Waals surface area contributed by atoms with Crippen LogP contribution in [0.3, 0.4) is 0 Å². The molecule has 0 spiro atoms. The van der Waals surface area contributed by atoms with E-state index in [1.807, 2.05) is 0 Å². The van der Waals surface area contributed by atoms with Crippen molar-refractivity contribution in [2.24, 2.45) is 0 Å². The number of hydrogen-bond donors (Lipinski definition) is 1. The first kappa shape index (κ1) is 11.5. The van der Waals surface area contributed by atoms with Gasteiger partial charge in [0.1, 0.15) is 0 Å². The fraction of sp³-hybridized carbons (Fsp3) is 0.300. The predicted molar refractivity (Wildman–Crippen MR) is 61.8 cm³/mol. The number of hydrogen-bond acceptors (Lipinski definition) is 1. The number of anilines is 1. The molecule has 16 heavy (non-hydrogen) atoms. The Balaban J connectivity index is 2.36. The standard InChI is InChI=1S/C10H9Cl2FN2O/c11-7-4-6(5-8(12)9(7)13)15-3-1-2-14-10(15)16/h4-5H,1-3H2,(H,14,16). The minimum absolute atomic E-state index is 0.0825. The van der Waals surface area contributed by atoms with Gasteiger partial charge in [0.2, 0.25) is 0 Å². The topological polar surface area (TPSA) is 32.3 Å². The van der Waals surface area contributed by atoms with Gasteiger partial charge in [0.25, 0.3) is 0 Å². The van der Waals surface area contributed by atoms with E-state index in [9.17, 15) is 9.18 Å². The molecule has 0 atom stereocenters. The molecular weight excluding hydrogens is 254 g/mol. The van der Waals surface area contributed by atoms with E-state index in [0.717, 1.165) is 6.42 Å². The summed E-state index contributed by atoms with van der Waals surface area (Å²) in [4.78, 5) is 13.0. The third kappa shape index (κ3) is 2.08. The molecule has 1 aliphatic rings. The molecule has 6 heteroatoms. The van der Waals surface area contributed by atoms with E-state index in [1.54, 1.807) is 0 Å². The molecule has 1 N–H and O–H groups in total. The van der Waals surface area contributed by atoms with Gasteiger partial charge in [0.05, 0.1) is 10.0 Å². The summed E-state index contributed by atoms with van der Waals surface area (Å²) in [5, 5.41) is 2.53. The van der Waals surface area contributed by atoms with Crippen LogP contribution in [0.25, 0.3) is 0 Å². The van der Waals surface area contributed by atoms with Gasteiger partial charge in [-0.15, -0.1) is 0 Å². The second-order valence-corrected chi connectivity index (χ2v) is 4.27. The predicted octanol–water partition coefficient (Wildman–Crippen LogP) is 3.05. The van der Waals surface area contributed by atoms with Crippen molar-refractivity contribution in [3.05, 3.63) is 28.0 Å². The van der Waals surface area contributed by atoms with Crippen LogP contribution in [0.15, 0.2) is 12.1 Å². The average Bonchev–Trinajstić information content (AvgIpc) is 2.26. The van der Waals surface area contributed by atoms with Crippen molar-refractivity contribution >= 4 is 34.9 Å². The largest absolute Gasteiger partial charge is 0.338 e. The Morgan fingerprint density at radius 2 is 1.94 bits per heavy atom. The Bertz CT molecular complexity index is 416. The van der Waals surface area contributed by atoms with Gasteiger partial charge in [-0.2, -0.15) is 0 Å². The van der Waals surface area contributed by atoms with Crippen molar-refractivity contribution in [3.63, 3.8) is 0 Å². The highest BCUT2D eigenvalue weighted by Crippen LogP contribution is 2.30. The van der Waals surface area contributed by atoms with Crippen LogP contribution < -0.4 is 10.2 Å². The zero-order valence-electron chi connectivity index (χ0n) is 8.27. The number of urea groups is 1. The van der Waals surface area contributed by atoms with Gasteiger partial charge in [0.15, 0.2) is 5.82 Å². The number of amides is 2. The summed E-state index contributed by atoms with van der Waals surface area (Å²) in [6.07, 6.45) is 0.832. The first-order chi connectivity index (χ1) is 7.59. The van der Waals surface area contributed by atoms with E-state index >= 15 is 0 Å². The molecule has 1 aliphatic heterocycles. The van der Waals surface area contributed by atoms with Gasteiger partial charge in [-0.3, -0.25) is 4.90 Å². The molecule has 0 aromatic heterocycles. The number of carbonyl (C=O) groups is 1. The summed E-state index contributed by atoms with van der Waals surface area (Å²) in [6.45, 7) is 1.22. The third-order valence-electron chi connectivity index (χ3n) is 2.36. The van der Waals surface area contributed by atoms with Gasteiger partial charge < -0.3 is 5.32 Å². The van der Waals surface area contributed by atoms with Crippen molar-refractivity contribution in [3.8, 4) is 0 Å². The maximum Gasteiger partial charge on any atom is 0.321 e. The summed E-state index contributed by atoms with van der Waals surface area (Å²) >= 11 is 11.3. The van der Waals surface area contributed by atoms with Crippen molar-refractivity contribution in [2.75, 3.05) is 18.0 Å². The van der Waals surface area contributed by atoms with Crippen LogP contribution in [0.2, 0.25) is 10.0 Å². The lowest BCUT2D eigenvalue weighted by molar-refractivity contribution is 0.243. The molecule has 0 aliphatic carbocycles. The second kappa shape index (κ2) is 4.47. The Hall–Kier alpha value is -1.00. The zero-order valence-corrected chi connectivity index (χ0v) is 9.78. The van der Waals surface area contributed by atoms with Crippen LogP contribution in [-0.4, -0.2) is 19.1 Å². The van der Waals surface area contributed by atoms with Gasteiger partial charge in [-0.05, 0) is 18.6 Å². The number of nitrogens with one attached hydrogen (secondary N) is 1. The van der Waals surface area contributed by atoms with Gasteiger partial charge in [-0.25, -0.2) is 9.18 Å². The summed E-state index contributed by atoms with van der Waals surface area (Å²) in [5.41, 5.74) is 0.508. The maximum atomic E-state index is 13.2. The molecule has 1 fully saturated rings. The number of benzene rings is 1. The Kier molecular flexibility index (Phi) is 3.21. The minimum atomic E-state index is -0.662. The minimum Gasteiger partial charge on any atom is -0.338 e. The normalized spacial score (nSPS) is 16.2. The highest BCUT2D eigenvalue weighted by molar-refractivity contribution is 6.35. The molecule has 2 amide bonds. The van der Waals surface area contributed by atoms with E-state index in [1.165, 1.54) is 17.0 Å². The molecule has 1 saturated heterocycles. The smallest absolute Gasteiger partial charge is 0.321 e. The summed E-state index contributed by atoms with van der Waals surface area (Å²) < 4.78 is 13.2. The lowest BCUT2D eigenvalue weighted by atomic mass is 10.2. The summed E-state index contributed by atoms with van der Waals surface area (Å²) in [6, 6.07) is 2.58. The monoisotopic (exact) mass is 262 g/mol. The van der Waals surface area contributed by atoms with Crippen LogP contribution in [0.1, 0.15) is 6.42 Å². The fourth-order valence-corrected chi connectivity index (χ4v) is 2.05. The highest BCUT2D eigenvalue weighted by Gasteiger charge is 2.21. The second-order valence-electron chi connectivity index (χ2n) is 3.46. The van der Waals surface area contributed by atoms with E-state index < -0.39 is 5.82 Å². The van der Waals surface area contributed by atoms with Crippen LogP contribution in [0.5, 0.6) is 0 Å². The lowest BCUT2D eigenvalue weighted by Crippen LogP contribution is -2.46. The number of carbonyl (C=O) groups excluding carboxylic acids is 1. The van der Waals surface area contributed by atoms with E-state index in [4.69, 9.17) is 23.2 Å².